The molecule has 1 fully saturated rings. The second-order valence-electron chi connectivity index (χ2n) is 4.21. The van der Waals surface area contributed by atoms with Crippen molar-refractivity contribution in [1.29, 1.82) is 0 Å². The number of rotatable bonds is 4. The SMILES string of the molecule is Nc1ccccc1OCc1nncn1C1CC1. The van der Waals surface area contributed by atoms with E-state index in [1.165, 1.54) is 12.8 Å². The number of nitrogens with two attached hydrogens (primary N) is 1. The summed E-state index contributed by atoms with van der Waals surface area (Å²) >= 11 is 0. The summed E-state index contributed by atoms with van der Waals surface area (Å²) in [5, 5.41) is 7.99. The van der Waals surface area contributed by atoms with Gasteiger partial charge < -0.3 is 15.0 Å². The van der Waals surface area contributed by atoms with Crippen LogP contribution < -0.4 is 10.5 Å². The standard InChI is InChI=1S/C12H14N4O/c13-10-3-1-2-4-11(10)17-7-12-15-14-8-16(12)9-5-6-9/h1-4,8-9H,5-7,13H2. The van der Waals surface area contributed by atoms with Gasteiger partial charge in [0, 0.05) is 6.04 Å². The number of hydrogen-bond donors (Lipinski definition) is 1. The lowest BCUT2D eigenvalue weighted by Crippen LogP contribution is -2.06. The van der Waals surface area contributed by atoms with Crippen LogP contribution >= 0.6 is 0 Å². The molecule has 1 heterocycles. The molecule has 1 aromatic carbocycles. The van der Waals surface area contributed by atoms with Crippen LogP contribution in [0.15, 0.2) is 30.6 Å². The molecule has 2 N–H and O–H groups in total. The highest BCUT2D eigenvalue weighted by Crippen LogP contribution is 2.35. The molecule has 1 aromatic heterocycles. The van der Waals surface area contributed by atoms with Gasteiger partial charge in [0.05, 0.1) is 5.69 Å². The number of aromatic nitrogens is 3. The molecule has 0 spiro atoms. The number of benzene rings is 1. The first-order valence-electron chi connectivity index (χ1n) is 5.70. The van der Waals surface area contributed by atoms with E-state index in [1.54, 1.807) is 6.33 Å². The first-order chi connectivity index (χ1) is 8.34. The summed E-state index contributed by atoms with van der Waals surface area (Å²) in [6.45, 7) is 0.407. The van der Waals surface area contributed by atoms with E-state index in [0.717, 1.165) is 5.82 Å². The molecule has 17 heavy (non-hydrogen) atoms. The molecule has 1 aliphatic rings. The smallest absolute Gasteiger partial charge is 0.171 e. The minimum Gasteiger partial charge on any atom is -0.483 e. The van der Waals surface area contributed by atoms with E-state index in [-0.39, 0.29) is 0 Å². The van der Waals surface area contributed by atoms with Gasteiger partial charge in [-0.25, -0.2) is 0 Å². The molecule has 0 radical (unpaired) electrons. The first kappa shape index (κ1) is 10.1. The third kappa shape index (κ3) is 2.08. The molecule has 2 aromatic rings. The maximum atomic E-state index is 5.80. The van der Waals surface area contributed by atoms with E-state index >= 15 is 0 Å². The zero-order valence-electron chi connectivity index (χ0n) is 9.41. The van der Waals surface area contributed by atoms with E-state index in [9.17, 15) is 0 Å². The summed E-state index contributed by atoms with van der Waals surface area (Å²) < 4.78 is 7.73. The first-order valence-corrected chi connectivity index (χ1v) is 5.70. The second-order valence-corrected chi connectivity index (χ2v) is 4.21. The van der Waals surface area contributed by atoms with Gasteiger partial charge in [-0.2, -0.15) is 0 Å². The van der Waals surface area contributed by atoms with Crippen molar-refractivity contribution < 1.29 is 4.74 Å². The maximum absolute atomic E-state index is 5.80. The van der Waals surface area contributed by atoms with Crippen molar-refractivity contribution in [3.05, 3.63) is 36.4 Å². The van der Waals surface area contributed by atoms with E-state index in [1.807, 2.05) is 24.3 Å². The van der Waals surface area contributed by atoms with Crippen molar-refractivity contribution in [3.8, 4) is 5.75 Å². The van der Waals surface area contributed by atoms with Gasteiger partial charge in [-0.3, -0.25) is 0 Å². The molecule has 5 nitrogen and oxygen atoms in total. The summed E-state index contributed by atoms with van der Waals surface area (Å²) in [7, 11) is 0. The average molecular weight is 230 g/mol. The molecule has 3 rings (SSSR count). The topological polar surface area (TPSA) is 66.0 Å². The fourth-order valence-electron chi connectivity index (χ4n) is 1.78. The summed E-state index contributed by atoms with van der Waals surface area (Å²) in [5.41, 5.74) is 6.45. The molecule has 0 bridgehead atoms. The lowest BCUT2D eigenvalue weighted by molar-refractivity contribution is 0.290. The molecule has 5 heteroatoms. The van der Waals surface area contributed by atoms with Gasteiger partial charge >= 0.3 is 0 Å². The van der Waals surface area contributed by atoms with Crippen LogP contribution in [0.2, 0.25) is 0 Å². The fourth-order valence-corrected chi connectivity index (χ4v) is 1.78. The average Bonchev–Trinajstić information content (AvgIpc) is 3.08. The summed E-state index contributed by atoms with van der Waals surface area (Å²) in [6.07, 6.45) is 4.18. The highest BCUT2D eigenvalue weighted by atomic mass is 16.5. The zero-order valence-corrected chi connectivity index (χ0v) is 9.41. The number of para-hydroxylation sites is 2. The molecule has 88 valence electrons. The highest BCUT2D eigenvalue weighted by Gasteiger charge is 2.26. The van der Waals surface area contributed by atoms with Crippen molar-refractivity contribution in [2.75, 3.05) is 5.73 Å². The van der Waals surface area contributed by atoms with Gasteiger partial charge in [0.25, 0.3) is 0 Å². The molecular weight excluding hydrogens is 216 g/mol. The Bertz CT molecular complexity index is 519. The Balaban J connectivity index is 1.71. The van der Waals surface area contributed by atoms with Gasteiger partial charge in [0.2, 0.25) is 0 Å². The highest BCUT2D eigenvalue weighted by molar-refractivity contribution is 5.51. The minimum absolute atomic E-state index is 0.407. The van der Waals surface area contributed by atoms with Gasteiger partial charge in [-0.1, -0.05) is 12.1 Å². The quantitative estimate of drug-likeness (QED) is 0.813. The van der Waals surface area contributed by atoms with Crippen LogP contribution in [0.4, 0.5) is 5.69 Å². The summed E-state index contributed by atoms with van der Waals surface area (Å²) in [5.74, 6) is 1.55. The van der Waals surface area contributed by atoms with Crippen LogP contribution in [0.5, 0.6) is 5.75 Å². The molecule has 1 saturated carbocycles. The monoisotopic (exact) mass is 230 g/mol. The van der Waals surface area contributed by atoms with Crippen molar-refractivity contribution in [1.82, 2.24) is 14.8 Å². The summed E-state index contributed by atoms with van der Waals surface area (Å²) in [4.78, 5) is 0. The van der Waals surface area contributed by atoms with E-state index in [0.29, 0.717) is 24.1 Å². The van der Waals surface area contributed by atoms with Crippen LogP contribution in [0.3, 0.4) is 0 Å². The van der Waals surface area contributed by atoms with Crippen LogP contribution in [0, 0.1) is 0 Å². The van der Waals surface area contributed by atoms with Crippen molar-refractivity contribution in [3.63, 3.8) is 0 Å². The van der Waals surface area contributed by atoms with Crippen molar-refractivity contribution >= 4 is 5.69 Å². The molecule has 0 unspecified atom stereocenters. The lowest BCUT2D eigenvalue weighted by atomic mass is 10.3. The molecule has 0 saturated heterocycles. The van der Waals surface area contributed by atoms with E-state index < -0.39 is 0 Å². The van der Waals surface area contributed by atoms with Crippen LogP contribution in [0.25, 0.3) is 0 Å². The molecule has 0 atom stereocenters. The van der Waals surface area contributed by atoms with Gasteiger partial charge in [-0.05, 0) is 25.0 Å². The van der Waals surface area contributed by atoms with E-state index in [4.69, 9.17) is 10.5 Å². The molecule has 0 aliphatic heterocycles. The van der Waals surface area contributed by atoms with Crippen LogP contribution in [-0.2, 0) is 6.61 Å². The Kier molecular flexibility index (Phi) is 2.44. The number of anilines is 1. The predicted molar refractivity (Wildman–Crippen MR) is 63.5 cm³/mol. The lowest BCUT2D eigenvalue weighted by Gasteiger charge is -2.08. The number of ether oxygens (including phenoxy) is 1. The van der Waals surface area contributed by atoms with Crippen molar-refractivity contribution in [2.24, 2.45) is 0 Å². The fraction of sp³-hybridized carbons (Fsp3) is 0.333. The van der Waals surface area contributed by atoms with Crippen molar-refractivity contribution in [2.45, 2.75) is 25.5 Å². The minimum atomic E-state index is 0.407. The maximum Gasteiger partial charge on any atom is 0.171 e. The van der Waals surface area contributed by atoms with Crippen LogP contribution in [0.1, 0.15) is 24.7 Å². The zero-order chi connectivity index (χ0) is 11.7. The third-order valence-corrected chi connectivity index (χ3v) is 2.86. The summed E-state index contributed by atoms with van der Waals surface area (Å²) in [6, 6.07) is 8.03. The normalized spacial score (nSPS) is 14.8. The molecule has 1 aliphatic carbocycles. The van der Waals surface area contributed by atoms with Gasteiger partial charge in [0.1, 0.15) is 18.7 Å². The van der Waals surface area contributed by atoms with E-state index in [2.05, 4.69) is 14.8 Å². The largest absolute Gasteiger partial charge is 0.483 e. The van der Waals surface area contributed by atoms with Gasteiger partial charge in [0.15, 0.2) is 5.82 Å². The van der Waals surface area contributed by atoms with Crippen LogP contribution in [-0.4, -0.2) is 14.8 Å². The molecular formula is C12H14N4O. The van der Waals surface area contributed by atoms with Gasteiger partial charge in [-0.15, -0.1) is 10.2 Å². The number of nitrogens with zero attached hydrogens (tertiary/aromatic N) is 3. The predicted octanol–water partition coefficient (Wildman–Crippen LogP) is 1.77. The Morgan fingerprint density at radius 3 is 2.94 bits per heavy atom. The molecule has 0 amide bonds. The Hall–Kier alpha value is -2.04. The Labute approximate surface area is 99.2 Å². The second kappa shape index (κ2) is 4.08. The number of hydrogen-bond acceptors (Lipinski definition) is 4. The Morgan fingerprint density at radius 1 is 1.35 bits per heavy atom. The third-order valence-electron chi connectivity index (χ3n) is 2.86. The Morgan fingerprint density at radius 2 is 2.18 bits per heavy atom. The number of nitrogen functional groups attached to an aromatic ring is 1.